The summed E-state index contributed by atoms with van der Waals surface area (Å²) in [6.45, 7) is 1.96. The van der Waals surface area contributed by atoms with E-state index in [1.807, 2.05) is 17.0 Å². The molecule has 90 valence electrons. The van der Waals surface area contributed by atoms with E-state index in [1.165, 1.54) is 0 Å². The molecule has 0 radical (unpaired) electrons. The molecule has 17 heavy (non-hydrogen) atoms. The summed E-state index contributed by atoms with van der Waals surface area (Å²) in [6, 6.07) is 7.26. The third kappa shape index (κ3) is 3.38. The predicted molar refractivity (Wildman–Crippen MR) is 67.9 cm³/mol. The lowest BCUT2D eigenvalue weighted by Crippen LogP contribution is -2.49. The fourth-order valence-corrected chi connectivity index (χ4v) is 2.02. The molecule has 0 aliphatic carbocycles. The molecule has 2 rings (SSSR count). The fourth-order valence-electron chi connectivity index (χ4n) is 1.76. The molecule has 4 nitrogen and oxygen atoms in total. The van der Waals surface area contributed by atoms with Crippen LogP contribution in [0.15, 0.2) is 28.7 Å². The quantitative estimate of drug-likeness (QED) is 0.849. The third-order valence-corrected chi connectivity index (χ3v) is 3.18. The van der Waals surface area contributed by atoms with Crippen molar-refractivity contribution in [2.45, 2.75) is 0 Å². The topological polar surface area (TPSA) is 49.4 Å². The Hall–Kier alpha value is -1.20. The molecular formula is C12H13BrN2O2. The second-order valence-corrected chi connectivity index (χ2v) is 4.91. The first kappa shape index (κ1) is 12.3. The summed E-state index contributed by atoms with van der Waals surface area (Å²) < 4.78 is 0.950. The molecule has 1 heterocycles. The van der Waals surface area contributed by atoms with E-state index in [0.717, 1.165) is 11.0 Å². The molecular weight excluding hydrogens is 284 g/mol. The summed E-state index contributed by atoms with van der Waals surface area (Å²) in [5.41, 5.74) is 0.680. The van der Waals surface area contributed by atoms with Crippen molar-refractivity contribution in [3.63, 3.8) is 0 Å². The lowest BCUT2D eigenvalue weighted by Gasteiger charge is -2.25. The molecule has 1 fully saturated rings. The van der Waals surface area contributed by atoms with Crippen LogP contribution < -0.4 is 5.32 Å². The lowest BCUT2D eigenvalue weighted by molar-refractivity contribution is -0.123. The number of hydrogen-bond acceptors (Lipinski definition) is 3. The van der Waals surface area contributed by atoms with Gasteiger partial charge in [0.1, 0.15) is 0 Å². The minimum Gasteiger partial charge on any atom is -0.354 e. The number of rotatable bonds is 3. The number of amides is 1. The predicted octanol–water partition coefficient (Wildman–Crippen LogP) is 1.06. The Morgan fingerprint density at radius 2 is 2.06 bits per heavy atom. The third-order valence-electron chi connectivity index (χ3n) is 2.65. The van der Waals surface area contributed by atoms with Crippen molar-refractivity contribution in [2.75, 3.05) is 26.2 Å². The molecule has 0 spiro atoms. The van der Waals surface area contributed by atoms with Crippen LogP contribution in [0.1, 0.15) is 10.4 Å². The molecule has 5 heteroatoms. The van der Waals surface area contributed by atoms with Crippen molar-refractivity contribution in [3.05, 3.63) is 34.3 Å². The highest BCUT2D eigenvalue weighted by Gasteiger charge is 2.18. The molecule has 1 saturated heterocycles. The van der Waals surface area contributed by atoms with Gasteiger partial charge in [-0.1, -0.05) is 28.1 Å². The number of carbonyl (C=O) groups excluding carboxylic acids is 2. The second-order valence-electron chi connectivity index (χ2n) is 3.99. The number of carbonyl (C=O) groups is 2. The zero-order valence-corrected chi connectivity index (χ0v) is 10.9. The van der Waals surface area contributed by atoms with Crippen molar-refractivity contribution in [1.29, 1.82) is 0 Å². The normalized spacial score (nSPS) is 16.6. The van der Waals surface area contributed by atoms with Crippen LogP contribution in [-0.2, 0) is 4.79 Å². The van der Waals surface area contributed by atoms with Crippen LogP contribution in [0, 0.1) is 0 Å². The maximum atomic E-state index is 11.9. The van der Waals surface area contributed by atoms with E-state index in [4.69, 9.17) is 0 Å². The highest BCUT2D eigenvalue weighted by Crippen LogP contribution is 2.11. The van der Waals surface area contributed by atoms with Crippen molar-refractivity contribution in [1.82, 2.24) is 10.2 Å². The van der Waals surface area contributed by atoms with Crippen LogP contribution in [0.3, 0.4) is 0 Å². The van der Waals surface area contributed by atoms with Crippen molar-refractivity contribution < 1.29 is 9.59 Å². The number of ketones is 1. The number of benzene rings is 1. The Bertz CT molecular complexity index is 431. The van der Waals surface area contributed by atoms with Crippen LogP contribution >= 0.6 is 15.9 Å². The van der Waals surface area contributed by atoms with Crippen LogP contribution in [-0.4, -0.2) is 42.8 Å². The average Bonchev–Trinajstić information content (AvgIpc) is 2.29. The van der Waals surface area contributed by atoms with Gasteiger partial charge in [-0.2, -0.15) is 0 Å². The standard InChI is InChI=1S/C12H13BrN2O2/c13-10-3-1-9(2-4-10)11(16)7-15-6-5-14-12(17)8-15/h1-4H,5-8H2,(H,14,17). The molecule has 1 N–H and O–H groups in total. The Kier molecular flexibility index (Phi) is 3.91. The summed E-state index contributed by atoms with van der Waals surface area (Å²) in [5.74, 6) is 0.0343. The van der Waals surface area contributed by atoms with Crippen LogP contribution in [0.5, 0.6) is 0 Å². The highest BCUT2D eigenvalue weighted by atomic mass is 79.9. The van der Waals surface area contributed by atoms with E-state index in [-0.39, 0.29) is 11.7 Å². The molecule has 0 bridgehead atoms. The number of halogens is 1. The van der Waals surface area contributed by atoms with Gasteiger partial charge < -0.3 is 5.32 Å². The Labute approximate surface area is 108 Å². The average molecular weight is 297 g/mol. The molecule has 0 saturated carbocycles. The Morgan fingerprint density at radius 1 is 1.35 bits per heavy atom. The number of nitrogens with one attached hydrogen (secondary N) is 1. The van der Waals surface area contributed by atoms with E-state index < -0.39 is 0 Å². The van der Waals surface area contributed by atoms with Gasteiger partial charge in [0.2, 0.25) is 5.91 Å². The van der Waals surface area contributed by atoms with Crippen molar-refractivity contribution in [2.24, 2.45) is 0 Å². The second kappa shape index (κ2) is 5.42. The van der Waals surface area contributed by atoms with Crippen LogP contribution in [0.25, 0.3) is 0 Å². The summed E-state index contributed by atoms with van der Waals surface area (Å²) in [4.78, 5) is 25.0. The Balaban J connectivity index is 1.96. The molecule has 1 aliphatic heterocycles. The summed E-state index contributed by atoms with van der Waals surface area (Å²) in [7, 11) is 0. The van der Waals surface area contributed by atoms with Gasteiger partial charge in [0.25, 0.3) is 0 Å². The van der Waals surface area contributed by atoms with E-state index in [2.05, 4.69) is 21.2 Å². The number of nitrogens with zero attached hydrogens (tertiary/aromatic N) is 1. The first-order valence-electron chi connectivity index (χ1n) is 5.43. The monoisotopic (exact) mass is 296 g/mol. The maximum absolute atomic E-state index is 11.9. The minimum atomic E-state index is -0.0140. The molecule has 1 amide bonds. The zero-order valence-electron chi connectivity index (χ0n) is 9.28. The van der Waals surface area contributed by atoms with Crippen molar-refractivity contribution in [3.8, 4) is 0 Å². The fraction of sp³-hybridized carbons (Fsp3) is 0.333. The first-order chi connectivity index (χ1) is 8.15. The van der Waals surface area contributed by atoms with Gasteiger partial charge in [0.05, 0.1) is 13.1 Å². The molecule has 0 atom stereocenters. The SMILES string of the molecule is O=C1CN(CC(=O)c2ccc(Br)cc2)CCN1. The molecule has 0 unspecified atom stereocenters. The number of Topliss-reactive ketones (excluding diaryl/α,β-unsaturated/α-hetero) is 1. The van der Waals surface area contributed by atoms with Gasteiger partial charge in [0, 0.05) is 23.1 Å². The smallest absolute Gasteiger partial charge is 0.234 e. The van der Waals surface area contributed by atoms with E-state index in [0.29, 0.717) is 25.2 Å². The number of hydrogen-bond donors (Lipinski definition) is 1. The van der Waals surface area contributed by atoms with Gasteiger partial charge in [-0.25, -0.2) is 0 Å². The lowest BCUT2D eigenvalue weighted by atomic mass is 10.1. The largest absolute Gasteiger partial charge is 0.354 e. The van der Waals surface area contributed by atoms with Gasteiger partial charge in [-0.05, 0) is 12.1 Å². The van der Waals surface area contributed by atoms with E-state index in [1.54, 1.807) is 12.1 Å². The Morgan fingerprint density at radius 3 is 2.71 bits per heavy atom. The summed E-state index contributed by atoms with van der Waals surface area (Å²) in [6.07, 6.45) is 0. The zero-order chi connectivity index (χ0) is 12.3. The first-order valence-corrected chi connectivity index (χ1v) is 6.22. The van der Waals surface area contributed by atoms with Gasteiger partial charge >= 0.3 is 0 Å². The van der Waals surface area contributed by atoms with Crippen LogP contribution in [0.4, 0.5) is 0 Å². The number of piperazine rings is 1. The summed E-state index contributed by atoms with van der Waals surface area (Å²) in [5, 5.41) is 2.73. The van der Waals surface area contributed by atoms with E-state index in [9.17, 15) is 9.59 Å². The molecule has 1 aromatic carbocycles. The molecule has 1 aliphatic rings. The van der Waals surface area contributed by atoms with Gasteiger partial charge in [-0.3, -0.25) is 14.5 Å². The summed E-state index contributed by atoms with van der Waals surface area (Å²) >= 11 is 3.33. The van der Waals surface area contributed by atoms with Gasteiger partial charge in [-0.15, -0.1) is 0 Å². The maximum Gasteiger partial charge on any atom is 0.234 e. The van der Waals surface area contributed by atoms with E-state index >= 15 is 0 Å². The van der Waals surface area contributed by atoms with Crippen LogP contribution in [0.2, 0.25) is 0 Å². The van der Waals surface area contributed by atoms with Gasteiger partial charge in [0.15, 0.2) is 5.78 Å². The molecule has 1 aromatic rings. The highest BCUT2D eigenvalue weighted by molar-refractivity contribution is 9.10. The van der Waals surface area contributed by atoms with Crippen molar-refractivity contribution >= 4 is 27.6 Å². The minimum absolute atomic E-state index is 0.0140. The molecule has 0 aromatic heterocycles.